The molecule has 0 spiro atoms. The zero-order valence-electron chi connectivity index (χ0n) is 23.3. The summed E-state index contributed by atoms with van der Waals surface area (Å²) in [6, 6.07) is 39.6. The van der Waals surface area contributed by atoms with E-state index in [4.69, 9.17) is 9.72 Å². The van der Waals surface area contributed by atoms with Gasteiger partial charge in [-0.3, -0.25) is 9.69 Å². The number of ether oxygens (including phenoxy) is 1. The van der Waals surface area contributed by atoms with Gasteiger partial charge < -0.3 is 10.1 Å². The van der Waals surface area contributed by atoms with Crippen molar-refractivity contribution in [3.8, 4) is 5.75 Å². The first-order valence-electron chi connectivity index (χ1n) is 13.9. The predicted molar refractivity (Wildman–Crippen MR) is 166 cm³/mol. The minimum absolute atomic E-state index is 0.147. The van der Waals surface area contributed by atoms with Crippen LogP contribution in [0.25, 0.3) is 0 Å². The number of rotatable bonds is 13. The van der Waals surface area contributed by atoms with Crippen molar-refractivity contribution in [2.75, 3.05) is 13.7 Å². The number of nitrogens with one attached hydrogen (secondary N) is 1. The van der Waals surface area contributed by atoms with Gasteiger partial charge >= 0.3 is 0 Å². The monoisotopic (exact) mass is 561 g/mol. The van der Waals surface area contributed by atoms with Crippen LogP contribution in [0.2, 0.25) is 0 Å². The number of aromatic nitrogens is 1. The molecule has 5 rings (SSSR count). The fourth-order valence-electron chi connectivity index (χ4n) is 4.96. The van der Waals surface area contributed by atoms with Crippen molar-refractivity contribution in [3.05, 3.63) is 154 Å². The molecule has 4 aromatic carbocycles. The summed E-state index contributed by atoms with van der Waals surface area (Å²) in [5, 5.41) is 5.78. The quantitative estimate of drug-likeness (QED) is 0.164. The average molecular weight is 562 g/mol. The van der Waals surface area contributed by atoms with Crippen molar-refractivity contribution in [3.63, 3.8) is 0 Å². The minimum atomic E-state index is -0.147. The molecule has 0 bridgehead atoms. The third kappa shape index (κ3) is 8.13. The van der Waals surface area contributed by atoms with Crippen molar-refractivity contribution >= 4 is 17.2 Å². The zero-order valence-corrected chi connectivity index (χ0v) is 24.1. The minimum Gasteiger partial charge on any atom is -0.497 e. The van der Waals surface area contributed by atoms with Gasteiger partial charge in [-0.15, -0.1) is 11.3 Å². The number of thiazole rings is 1. The van der Waals surface area contributed by atoms with E-state index in [2.05, 4.69) is 83.0 Å². The Kier molecular flexibility index (Phi) is 9.93. The summed E-state index contributed by atoms with van der Waals surface area (Å²) in [5.74, 6) is 0.984. The van der Waals surface area contributed by atoms with Crippen LogP contribution in [-0.2, 0) is 19.6 Å². The van der Waals surface area contributed by atoms with Crippen LogP contribution in [0.15, 0.2) is 121 Å². The third-order valence-electron chi connectivity index (χ3n) is 7.14. The molecule has 0 saturated heterocycles. The van der Waals surface area contributed by atoms with Gasteiger partial charge in [0.1, 0.15) is 16.5 Å². The normalized spacial score (nSPS) is 11.1. The molecule has 1 aromatic heterocycles. The van der Waals surface area contributed by atoms with Crippen LogP contribution in [0, 0.1) is 0 Å². The lowest BCUT2D eigenvalue weighted by molar-refractivity contribution is 0.0946. The molecule has 0 fully saturated rings. The summed E-state index contributed by atoms with van der Waals surface area (Å²) < 4.78 is 5.36. The van der Waals surface area contributed by atoms with Gasteiger partial charge in [-0.05, 0) is 47.4 Å². The molecule has 1 amide bonds. The number of methoxy groups -OCH3 is 1. The smallest absolute Gasteiger partial charge is 0.271 e. The standard InChI is InChI=1S/C35H35N3O2S/c1-40-31-19-17-28(18-20-31)24-38(22-21-32(29-13-7-3-8-14-29)30-15-9-4-10-16-30)25-34-37-33(26-41-34)35(39)36-23-27-11-5-2-6-12-27/h2-20,26,32H,21-25H2,1H3,(H,36,39). The van der Waals surface area contributed by atoms with E-state index in [-0.39, 0.29) is 11.8 Å². The van der Waals surface area contributed by atoms with Gasteiger partial charge in [0.25, 0.3) is 5.91 Å². The first-order chi connectivity index (χ1) is 20.2. The number of benzene rings is 4. The highest BCUT2D eigenvalue weighted by molar-refractivity contribution is 7.09. The van der Waals surface area contributed by atoms with E-state index in [0.29, 0.717) is 18.8 Å². The van der Waals surface area contributed by atoms with Crippen molar-refractivity contribution in [2.24, 2.45) is 0 Å². The first-order valence-corrected chi connectivity index (χ1v) is 14.8. The summed E-state index contributed by atoms with van der Waals surface area (Å²) in [4.78, 5) is 19.9. The molecule has 0 radical (unpaired) electrons. The van der Waals surface area contributed by atoms with Crippen LogP contribution in [-0.4, -0.2) is 29.4 Å². The third-order valence-corrected chi connectivity index (χ3v) is 7.98. The molecule has 5 aromatic rings. The number of carbonyl (C=O) groups excluding carboxylic acids is 1. The molecule has 1 heterocycles. The molecule has 1 N–H and O–H groups in total. The number of carbonyl (C=O) groups is 1. The molecule has 208 valence electrons. The van der Waals surface area contributed by atoms with Gasteiger partial charge in [0.15, 0.2) is 0 Å². The number of amides is 1. The lowest BCUT2D eigenvalue weighted by Crippen LogP contribution is -2.26. The van der Waals surface area contributed by atoms with Crippen molar-refractivity contribution < 1.29 is 9.53 Å². The Bertz CT molecular complexity index is 1450. The second kappa shape index (κ2) is 14.4. The molecule has 0 aliphatic rings. The van der Waals surface area contributed by atoms with Crippen molar-refractivity contribution in [2.45, 2.75) is 32.0 Å². The number of hydrogen-bond acceptors (Lipinski definition) is 5. The highest BCUT2D eigenvalue weighted by Gasteiger charge is 2.18. The second-order valence-electron chi connectivity index (χ2n) is 10.0. The van der Waals surface area contributed by atoms with Gasteiger partial charge in [-0.2, -0.15) is 0 Å². The molecule has 5 nitrogen and oxygen atoms in total. The summed E-state index contributed by atoms with van der Waals surface area (Å²) >= 11 is 1.54. The van der Waals surface area contributed by atoms with Gasteiger partial charge in [-0.25, -0.2) is 4.98 Å². The molecule has 41 heavy (non-hydrogen) atoms. The lowest BCUT2D eigenvalue weighted by Gasteiger charge is -2.25. The molecule has 0 atom stereocenters. The zero-order chi connectivity index (χ0) is 28.3. The maximum Gasteiger partial charge on any atom is 0.271 e. The molecule has 0 aliphatic carbocycles. The highest BCUT2D eigenvalue weighted by atomic mass is 32.1. The van der Waals surface area contributed by atoms with Crippen LogP contribution < -0.4 is 10.1 Å². The SMILES string of the molecule is COc1ccc(CN(CCC(c2ccccc2)c2ccccc2)Cc2nc(C(=O)NCc3ccccc3)cs2)cc1. The van der Waals surface area contributed by atoms with E-state index in [1.54, 1.807) is 7.11 Å². The first kappa shape index (κ1) is 28.3. The van der Waals surface area contributed by atoms with Crippen LogP contribution in [0.5, 0.6) is 5.75 Å². The topological polar surface area (TPSA) is 54.5 Å². The van der Waals surface area contributed by atoms with Crippen molar-refractivity contribution in [1.82, 2.24) is 15.2 Å². The second-order valence-corrected chi connectivity index (χ2v) is 11.0. The maximum atomic E-state index is 12.8. The van der Waals surface area contributed by atoms with E-state index in [9.17, 15) is 4.79 Å². The number of nitrogens with zero attached hydrogens (tertiary/aromatic N) is 2. The van der Waals surface area contributed by atoms with E-state index >= 15 is 0 Å². The summed E-state index contributed by atoms with van der Waals surface area (Å²) in [6.07, 6.45) is 0.958. The van der Waals surface area contributed by atoms with Gasteiger partial charge in [0.05, 0.1) is 13.7 Å². The maximum absolute atomic E-state index is 12.8. The van der Waals surface area contributed by atoms with Crippen LogP contribution in [0.1, 0.15) is 50.1 Å². The fraction of sp³-hybridized carbons (Fsp3) is 0.200. The molecular formula is C35H35N3O2S. The summed E-state index contributed by atoms with van der Waals surface area (Å²) in [6.45, 7) is 2.79. The Morgan fingerprint density at radius 1 is 0.805 bits per heavy atom. The molecule has 0 saturated carbocycles. The molecule has 0 aliphatic heterocycles. The highest BCUT2D eigenvalue weighted by Crippen LogP contribution is 2.29. The fourth-order valence-corrected chi connectivity index (χ4v) is 5.77. The Labute approximate surface area is 246 Å². The van der Waals surface area contributed by atoms with Gasteiger partial charge in [-0.1, -0.05) is 103 Å². The lowest BCUT2D eigenvalue weighted by atomic mass is 9.88. The van der Waals surface area contributed by atoms with Crippen LogP contribution >= 0.6 is 11.3 Å². The molecule has 0 unspecified atom stereocenters. The van der Waals surface area contributed by atoms with E-state index in [1.807, 2.05) is 47.8 Å². The van der Waals surface area contributed by atoms with E-state index in [0.717, 1.165) is 35.8 Å². The number of hydrogen-bond donors (Lipinski definition) is 1. The Morgan fingerprint density at radius 3 is 2.02 bits per heavy atom. The van der Waals surface area contributed by atoms with Crippen LogP contribution in [0.4, 0.5) is 0 Å². The van der Waals surface area contributed by atoms with E-state index in [1.165, 1.54) is 28.0 Å². The van der Waals surface area contributed by atoms with E-state index < -0.39 is 0 Å². The molecule has 6 heteroatoms. The van der Waals surface area contributed by atoms with Crippen LogP contribution in [0.3, 0.4) is 0 Å². The summed E-state index contributed by atoms with van der Waals surface area (Å²) in [5.41, 5.74) is 5.37. The van der Waals surface area contributed by atoms with Gasteiger partial charge in [0.2, 0.25) is 0 Å². The largest absolute Gasteiger partial charge is 0.497 e. The Hall–Kier alpha value is -4.26. The van der Waals surface area contributed by atoms with Crippen molar-refractivity contribution in [1.29, 1.82) is 0 Å². The predicted octanol–water partition coefficient (Wildman–Crippen LogP) is 7.31. The van der Waals surface area contributed by atoms with Gasteiger partial charge in [0, 0.05) is 24.4 Å². The Morgan fingerprint density at radius 2 is 1.41 bits per heavy atom. The molecular weight excluding hydrogens is 526 g/mol. The Balaban J connectivity index is 1.31. The average Bonchev–Trinajstić information content (AvgIpc) is 3.50. The summed E-state index contributed by atoms with van der Waals surface area (Å²) in [7, 11) is 1.69.